The fourth-order valence-electron chi connectivity index (χ4n) is 0.893. The van der Waals surface area contributed by atoms with E-state index in [0.29, 0.717) is 5.92 Å². The van der Waals surface area contributed by atoms with E-state index in [9.17, 15) is 4.79 Å². The van der Waals surface area contributed by atoms with Crippen molar-refractivity contribution in [3.63, 3.8) is 0 Å². The molecule has 60 valence electrons. The number of carboxylic acids is 1. The summed E-state index contributed by atoms with van der Waals surface area (Å²) in [5, 5.41) is 8.28. The molecule has 0 aromatic heterocycles. The molecule has 0 aliphatic heterocycles. The maximum atomic E-state index is 10.1. The van der Waals surface area contributed by atoms with Crippen LogP contribution in [0.1, 0.15) is 19.3 Å². The second kappa shape index (κ2) is 3.78. The summed E-state index contributed by atoms with van der Waals surface area (Å²) >= 11 is 0. The molecule has 3 nitrogen and oxygen atoms in total. The molecule has 1 aliphatic rings. The molecule has 0 heterocycles. The van der Waals surface area contributed by atoms with E-state index in [0.717, 1.165) is 12.8 Å². The Balaban J connectivity index is 0.000000810. The van der Waals surface area contributed by atoms with Gasteiger partial charge in [-0.25, -0.2) is 0 Å². The van der Waals surface area contributed by atoms with Crippen LogP contribution in [0.3, 0.4) is 0 Å². The van der Waals surface area contributed by atoms with Gasteiger partial charge < -0.3 is 10.8 Å². The summed E-state index contributed by atoms with van der Waals surface area (Å²) in [5.74, 6) is -0.282. The minimum absolute atomic E-state index is 0. The third-order valence-electron chi connectivity index (χ3n) is 1.64. The predicted octanol–water partition coefficient (Wildman–Crippen LogP) is 0.620. The van der Waals surface area contributed by atoms with Gasteiger partial charge in [0, 0.05) is 6.04 Å². The molecule has 1 atom stereocenters. The normalized spacial score (nSPS) is 19.3. The van der Waals surface area contributed by atoms with Crippen molar-refractivity contribution < 1.29 is 9.90 Å². The van der Waals surface area contributed by atoms with Crippen LogP contribution in [0.15, 0.2) is 0 Å². The van der Waals surface area contributed by atoms with Crippen LogP contribution in [0.4, 0.5) is 0 Å². The highest BCUT2D eigenvalue weighted by molar-refractivity contribution is 5.85. The van der Waals surface area contributed by atoms with E-state index in [-0.39, 0.29) is 24.9 Å². The van der Waals surface area contributed by atoms with E-state index >= 15 is 0 Å². The first kappa shape index (κ1) is 9.72. The zero-order valence-corrected chi connectivity index (χ0v) is 6.43. The van der Waals surface area contributed by atoms with Crippen molar-refractivity contribution in [1.29, 1.82) is 0 Å². The third kappa shape index (κ3) is 3.03. The Labute approximate surface area is 66.0 Å². The number of halogens is 1. The first-order chi connectivity index (χ1) is 4.20. The lowest BCUT2D eigenvalue weighted by atomic mass is 10.1. The molecule has 0 radical (unpaired) electrons. The number of hydrogen-bond acceptors (Lipinski definition) is 2. The Morgan fingerprint density at radius 1 is 1.70 bits per heavy atom. The van der Waals surface area contributed by atoms with Gasteiger partial charge in [0.25, 0.3) is 0 Å². The second-order valence-electron chi connectivity index (χ2n) is 2.60. The summed E-state index contributed by atoms with van der Waals surface area (Å²) in [6.07, 6.45) is 2.37. The van der Waals surface area contributed by atoms with Crippen LogP contribution in [0.5, 0.6) is 0 Å². The van der Waals surface area contributed by atoms with Crippen molar-refractivity contribution in [1.82, 2.24) is 0 Å². The summed E-state index contributed by atoms with van der Waals surface area (Å²) in [4.78, 5) is 10.1. The zero-order chi connectivity index (χ0) is 6.85. The fourth-order valence-corrected chi connectivity index (χ4v) is 0.893. The number of carbonyl (C=O) groups is 1. The highest BCUT2D eigenvalue weighted by Gasteiger charge is 2.29. The lowest BCUT2D eigenvalue weighted by Gasteiger charge is -2.03. The molecular formula is C6H12ClNO2. The molecule has 0 spiro atoms. The SMILES string of the molecule is Cl.N[C@H](CC(=O)O)C1CC1. The molecule has 4 heteroatoms. The van der Waals surface area contributed by atoms with E-state index in [2.05, 4.69) is 0 Å². The number of carboxylic acid groups (broad SMARTS) is 1. The molecule has 0 bridgehead atoms. The van der Waals surface area contributed by atoms with Gasteiger partial charge in [-0.1, -0.05) is 0 Å². The molecule has 3 N–H and O–H groups in total. The number of aliphatic carboxylic acids is 1. The summed E-state index contributed by atoms with van der Waals surface area (Å²) in [7, 11) is 0. The lowest BCUT2D eigenvalue weighted by Crippen LogP contribution is -2.25. The number of rotatable bonds is 3. The summed E-state index contributed by atoms with van der Waals surface area (Å²) in [6, 6.07) is -0.0949. The number of nitrogens with two attached hydrogens (primary N) is 1. The average Bonchev–Trinajstić information content (AvgIpc) is 2.40. The maximum absolute atomic E-state index is 10.1. The van der Waals surface area contributed by atoms with Gasteiger partial charge in [-0.05, 0) is 18.8 Å². The van der Waals surface area contributed by atoms with E-state index in [1.807, 2.05) is 0 Å². The topological polar surface area (TPSA) is 63.3 Å². The van der Waals surface area contributed by atoms with Crippen molar-refractivity contribution in [2.45, 2.75) is 25.3 Å². The Hall–Kier alpha value is -0.280. The van der Waals surface area contributed by atoms with E-state index in [1.54, 1.807) is 0 Å². The Morgan fingerprint density at radius 3 is 2.50 bits per heavy atom. The van der Waals surface area contributed by atoms with Crippen LogP contribution in [0, 0.1) is 5.92 Å². The largest absolute Gasteiger partial charge is 0.481 e. The molecule has 1 saturated carbocycles. The van der Waals surface area contributed by atoms with Crippen LogP contribution >= 0.6 is 12.4 Å². The maximum Gasteiger partial charge on any atom is 0.304 e. The monoisotopic (exact) mass is 165 g/mol. The minimum Gasteiger partial charge on any atom is -0.481 e. The van der Waals surface area contributed by atoms with Crippen LogP contribution in [0.25, 0.3) is 0 Å². The molecule has 1 fully saturated rings. The summed E-state index contributed by atoms with van der Waals surface area (Å²) < 4.78 is 0. The predicted molar refractivity (Wildman–Crippen MR) is 40.2 cm³/mol. The average molecular weight is 166 g/mol. The van der Waals surface area contributed by atoms with Gasteiger partial charge >= 0.3 is 5.97 Å². The van der Waals surface area contributed by atoms with E-state index in [1.165, 1.54) is 0 Å². The first-order valence-corrected chi connectivity index (χ1v) is 3.17. The van der Waals surface area contributed by atoms with Crippen molar-refractivity contribution in [3.8, 4) is 0 Å². The second-order valence-corrected chi connectivity index (χ2v) is 2.60. The standard InChI is InChI=1S/C6H11NO2.ClH/c7-5(3-6(8)9)4-1-2-4;/h4-5H,1-3,7H2,(H,8,9);1H/t5-;/m1./s1. The number of hydrogen-bond donors (Lipinski definition) is 2. The third-order valence-corrected chi connectivity index (χ3v) is 1.64. The van der Waals surface area contributed by atoms with Gasteiger partial charge in [0.15, 0.2) is 0 Å². The quantitative estimate of drug-likeness (QED) is 0.645. The molecule has 0 aromatic carbocycles. The lowest BCUT2D eigenvalue weighted by molar-refractivity contribution is -0.137. The smallest absolute Gasteiger partial charge is 0.304 e. The first-order valence-electron chi connectivity index (χ1n) is 3.17. The highest BCUT2D eigenvalue weighted by atomic mass is 35.5. The van der Waals surface area contributed by atoms with Crippen LogP contribution in [-0.2, 0) is 4.79 Å². The Morgan fingerprint density at radius 2 is 2.20 bits per heavy atom. The molecule has 10 heavy (non-hydrogen) atoms. The van der Waals surface area contributed by atoms with E-state index < -0.39 is 5.97 Å². The van der Waals surface area contributed by atoms with Gasteiger partial charge in [0.05, 0.1) is 6.42 Å². The summed E-state index contributed by atoms with van der Waals surface area (Å²) in [5.41, 5.74) is 5.50. The molecule has 1 rings (SSSR count). The molecule has 0 saturated heterocycles. The van der Waals surface area contributed by atoms with Crippen LogP contribution < -0.4 is 5.73 Å². The van der Waals surface area contributed by atoms with Crippen LogP contribution in [0.2, 0.25) is 0 Å². The van der Waals surface area contributed by atoms with Gasteiger partial charge in [-0.2, -0.15) is 0 Å². The molecule has 0 aromatic rings. The zero-order valence-electron chi connectivity index (χ0n) is 5.62. The van der Waals surface area contributed by atoms with Gasteiger partial charge in [-0.3, -0.25) is 4.79 Å². The van der Waals surface area contributed by atoms with Crippen molar-refractivity contribution in [2.75, 3.05) is 0 Å². The molecular weight excluding hydrogens is 154 g/mol. The van der Waals surface area contributed by atoms with Crippen molar-refractivity contribution in [3.05, 3.63) is 0 Å². The van der Waals surface area contributed by atoms with Gasteiger partial charge in [0.2, 0.25) is 0 Å². The van der Waals surface area contributed by atoms with Crippen molar-refractivity contribution in [2.24, 2.45) is 11.7 Å². The Kier molecular flexibility index (Phi) is 3.68. The molecule has 0 amide bonds. The minimum atomic E-state index is -0.783. The van der Waals surface area contributed by atoms with Crippen molar-refractivity contribution >= 4 is 18.4 Å². The Bertz CT molecular complexity index is 125. The fraction of sp³-hybridized carbons (Fsp3) is 0.833. The summed E-state index contributed by atoms with van der Waals surface area (Å²) in [6.45, 7) is 0. The molecule has 0 unspecified atom stereocenters. The van der Waals surface area contributed by atoms with Gasteiger partial charge in [0.1, 0.15) is 0 Å². The van der Waals surface area contributed by atoms with Gasteiger partial charge in [-0.15, -0.1) is 12.4 Å². The molecule has 1 aliphatic carbocycles. The van der Waals surface area contributed by atoms with E-state index in [4.69, 9.17) is 10.8 Å². The highest BCUT2D eigenvalue weighted by Crippen LogP contribution is 2.32. The van der Waals surface area contributed by atoms with Crippen LogP contribution in [-0.4, -0.2) is 17.1 Å².